The molecular formula is C17H17Cl2N3O3. The summed E-state index contributed by atoms with van der Waals surface area (Å²) in [6.07, 6.45) is 1.76. The SMILES string of the molecule is Cc1cnc(C(=O)O[C@@H](C)C(=O)N[C@@H](C)c2ccc(Cl)cc2Cl)cn1. The molecule has 0 fully saturated rings. The third-order valence-corrected chi connectivity index (χ3v) is 3.99. The molecule has 0 aliphatic carbocycles. The number of nitrogens with one attached hydrogen (secondary N) is 1. The molecule has 1 amide bonds. The van der Waals surface area contributed by atoms with E-state index >= 15 is 0 Å². The molecule has 6 nitrogen and oxygen atoms in total. The lowest BCUT2D eigenvalue weighted by atomic mass is 10.1. The van der Waals surface area contributed by atoms with Gasteiger partial charge in [-0.05, 0) is 38.5 Å². The van der Waals surface area contributed by atoms with Crippen molar-refractivity contribution >= 4 is 35.1 Å². The maximum absolute atomic E-state index is 12.2. The molecule has 1 aromatic heterocycles. The minimum atomic E-state index is -0.996. The number of nitrogens with zero attached hydrogens (tertiary/aromatic N) is 2. The molecular weight excluding hydrogens is 365 g/mol. The zero-order valence-corrected chi connectivity index (χ0v) is 15.4. The summed E-state index contributed by atoms with van der Waals surface area (Å²) in [5.41, 5.74) is 1.43. The lowest BCUT2D eigenvalue weighted by Gasteiger charge is -2.19. The number of esters is 1. The number of aryl methyl sites for hydroxylation is 1. The highest BCUT2D eigenvalue weighted by Crippen LogP contribution is 2.26. The average molecular weight is 382 g/mol. The second-order valence-corrected chi connectivity index (χ2v) is 6.33. The fourth-order valence-corrected chi connectivity index (χ4v) is 2.61. The number of aromatic nitrogens is 2. The molecule has 0 unspecified atom stereocenters. The predicted octanol–water partition coefficient (Wildman–Crippen LogP) is 3.51. The summed E-state index contributed by atoms with van der Waals surface area (Å²) in [6.45, 7) is 5.00. The normalized spacial score (nSPS) is 13.0. The molecule has 1 N–H and O–H groups in total. The summed E-state index contributed by atoms with van der Waals surface area (Å²) in [5.74, 6) is -1.17. The van der Waals surface area contributed by atoms with Gasteiger partial charge in [0, 0.05) is 16.2 Å². The van der Waals surface area contributed by atoms with Gasteiger partial charge < -0.3 is 10.1 Å². The van der Waals surface area contributed by atoms with Gasteiger partial charge in [0.1, 0.15) is 0 Å². The Kier molecular flexibility index (Phi) is 6.33. The third kappa shape index (κ3) is 5.14. The van der Waals surface area contributed by atoms with Crippen molar-refractivity contribution < 1.29 is 14.3 Å². The number of rotatable bonds is 5. The number of benzene rings is 1. The van der Waals surface area contributed by atoms with E-state index in [4.69, 9.17) is 27.9 Å². The van der Waals surface area contributed by atoms with Crippen molar-refractivity contribution in [2.24, 2.45) is 0 Å². The number of hydrogen-bond acceptors (Lipinski definition) is 5. The zero-order valence-electron chi connectivity index (χ0n) is 13.9. The Bertz CT molecular complexity index is 781. The molecule has 0 aliphatic heterocycles. The number of amides is 1. The van der Waals surface area contributed by atoms with Crippen molar-refractivity contribution in [2.45, 2.75) is 32.9 Å². The summed E-state index contributed by atoms with van der Waals surface area (Å²) < 4.78 is 5.12. The van der Waals surface area contributed by atoms with Gasteiger partial charge in [0.25, 0.3) is 5.91 Å². The molecule has 2 atom stereocenters. The van der Waals surface area contributed by atoms with Gasteiger partial charge in [0.2, 0.25) is 0 Å². The van der Waals surface area contributed by atoms with Crippen LogP contribution in [0.2, 0.25) is 10.0 Å². The molecule has 0 radical (unpaired) electrons. The molecule has 0 spiro atoms. The molecule has 2 rings (SSSR count). The Hall–Kier alpha value is -2.18. The van der Waals surface area contributed by atoms with Gasteiger partial charge in [-0.15, -0.1) is 0 Å². The quantitative estimate of drug-likeness (QED) is 0.801. The first-order valence-electron chi connectivity index (χ1n) is 7.53. The van der Waals surface area contributed by atoms with Crippen LogP contribution in [0.3, 0.4) is 0 Å². The Labute approximate surface area is 155 Å². The molecule has 2 aromatic rings. The van der Waals surface area contributed by atoms with Gasteiger partial charge in [0.15, 0.2) is 11.8 Å². The van der Waals surface area contributed by atoms with Crippen LogP contribution in [0, 0.1) is 6.92 Å². The van der Waals surface area contributed by atoms with Gasteiger partial charge in [-0.1, -0.05) is 29.3 Å². The highest BCUT2D eigenvalue weighted by Gasteiger charge is 2.22. The summed E-state index contributed by atoms with van der Waals surface area (Å²) in [5, 5.41) is 3.69. The molecule has 0 aliphatic rings. The van der Waals surface area contributed by atoms with Crippen molar-refractivity contribution in [2.75, 3.05) is 0 Å². The van der Waals surface area contributed by atoms with Crippen LogP contribution in [-0.2, 0) is 9.53 Å². The maximum atomic E-state index is 12.2. The van der Waals surface area contributed by atoms with Gasteiger partial charge in [-0.25, -0.2) is 9.78 Å². The number of hydrogen-bond donors (Lipinski definition) is 1. The van der Waals surface area contributed by atoms with E-state index in [1.165, 1.54) is 19.3 Å². The van der Waals surface area contributed by atoms with Crippen molar-refractivity contribution in [1.82, 2.24) is 15.3 Å². The minimum Gasteiger partial charge on any atom is -0.448 e. The summed E-state index contributed by atoms with van der Waals surface area (Å²) in [7, 11) is 0. The van der Waals surface area contributed by atoms with Crippen LogP contribution in [0.25, 0.3) is 0 Å². The van der Waals surface area contributed by atoms with E-state index in [0.29, 0.717) is 21.3 Å². The fourth-order valence-electron chi connectivity index (χ4n) is 2.03. The Morgan fingerprint density at radius 2 is 1.88 bits per heavy atom. The highest BCUT2D eigenvalue weighted by atomic mass is 35.5. The van der Waals surface area contributed by atoms with Crippen molar-refractivity contribution in [3.8, 4) is 0 Å². The van der Waals surface area contributed by atoms with Crippen LogP contribution in [0.4, 0.5) is 0 Å². The topological polar surface area (TPSA) is 81.2 Å². The van der Waals surface area contributed by atoms with Crippen molar-refractivity contribution in [3.05, 3.63) is 57.6 Å². The second kappa shape index (κ2) is 8.27. The fraction of sp³-hybridized carbons (Fsp3) is 0.294. The lowest BCUT2D eigenvalue weighted by Crippen LogP contribution is -2.37. The van der Waals surface area contributed by atoms with Crippen LogP contribution in [0.15, 0.2) is 30.6 Å². The average Bonchev–Trinajstić information content (AvgIpc) is 2.55. The number of ether oxygens (including phenoxy) is 1. The molecule has 8 heteroatoms. The first kappa shape index (κ1) is 19.1. The Balaban J connectivity index is 1.97. The number of halogens is 2. The Morgan fingerprint density at radius 3 is 2.48 bits per heavy atom. The Morgan fingerprint density at radius 1 is 1.16 bits per heavy atom. The number of carbonyl (C=O) groups is 2. The third-order valence-electron chi connectivity index (χ3n) is 3.43. The van der Waals surface area contributed by atoms with Crippen LogP contribution >= 0.6 is 23.2 Å². The maximum Gasteiger partial charge on any atom is 0.359 e. The molecule has 132 valence electrons. The summed E-state index contributed by atoms with van der Waals surface area (Å²) in [4.78, 5) is 32.1. The van der Waals surface area contributed by atoms with Gasteiger partial charge in [0.05, 0.1) is 17.9 Å². The monoisotopic (exact) mass is 381 g/mol. The summed E-state index contributed by atoms with van der Waals surface area (Å²) >= 11 is 12.0. The largest absolute Gasteiger partial charge is 0.448 e. The molecule has 1 aromatic carbocycles. The lowest BCUT2D eigenvalue weighted by molar-refractivity contribution is -0.129. The van der Waals surface area contributed by atoms with Gasteiger partial charge in [-0.3, -0.25) is 9.78 Å². The number of carbonyl (C=O) groups excluding carboxylic acids is 2. The first-order chi connectivity index (χ1) is 11.8. The zero-order chi connectivity index (χ0) is 18.6. The first-order valence-corrected chi connectivity index (χ1v) is 8.28. The second-order valence-electron chi connectivity index (χ2n) is 5.49. The van der Waals surface area contributed by atoms with Crippen LogP contribution in [-0.4, -0.2) is 27.9 Å². The van der Waals surface area contributed by atoms with Crippen LogP contribution < -0.4 is 5.32 Å². The molecule has 25 heavy (non-hydrogen) atoms. The highest BCUT2D eigenvalue weighted by molar-refractivity contribution is 6.35. The van der Waals surface area contributed by atoms with Crippen LogP contribution in [0.5, 0.6) is 0 Å². The molecule has 0 saturated heterocycles. The minimum absolute atomic E-state index is 0.0408. The van der Waals surface area contributed by atoms with E-state index in [2.05, 4.69) is 15.3 Å². The summed E-state index contributed by atoms with van der Waals surface area (Å²) in [6, 6.07) is 4.64. The van der Waals surface area contributed by atoms with Crippen LogP contribution in [0.1, 0.15) is 41.6 Å². The van der Waals surface area contributed by atoms with Crippen molar-refractivity contribution in [1.29, 1.82) is 0 Å². The van der Waals surface area contributed by atoms with E-state index in [1.807, 2.05) is 0 Å². The smallest absolute Gasteiger partial charge is 0.359 e. The molecule has 0 bridgehead atoms. The predicted molar refractivity (Wildman–Crippen MR) is 94.7 cm³/mol. The van der Waals surface area contributed by atoms with E-state index in [9.17, 15) is 9.59 Å². The van der Waals surface area contributed by atoms with E-state index < -0.39 is 18.0 Å². The molecule has 0 saturated carbocycles. The van der Waals surface area contributed by atoms with Gasteiger partial charge >= 0.3 is 5.97 Å². The van der Waals surface area contributed by atoms with E-state index in [1.54, 1.807) is 32.0 Å². The standard InChI is InChI=1S/C17H17Cl2N3O3/c1-9-7-21-15(8-20-9)17(24)25-11(3)16(23)22-10(2)13-5-4-12(18)6-14(13)19/h4-8,10-11H,1-3H3,(H,22,23)/t10-,11-/m0/s1. The van der Waals surface area contributed by atoms with E-state index in [0.717, 1.165) is 0 Å². The molecule has 1 heterocycles. The van der Waals surface area contributed by atoms with Crippen molar-refractivity contribution in [3.63, 3.8) is 0 Å². The van der Waals surface area contributed by atoms with Gasteiger partial charge in [-0.2, -0.15) is 0 Å². The van der Waals surface area contributed by atoms with E-state index in [-0.39, 0.29) is 11.7 Å².